The first-order chi connectivity index (χ1) is 12.3. The molecular formula is C20H22O5. The fraction of sp³-hybridized carbons (Fsp3) is 0.400. The highest BCUT2D eigenvalue weighted by Crippen LogP contribution is 2.32. The van der Waals surface area contributed by atoms with E-state index in [9.17, 15) is 5.11 Å². The molecule has 2 aromatic carbocycles. The summed E-state index contributed by atoms with van der Waals surface area (Å²) in [6, 6.07) is 19.6. The molecule has 0 saturated carbocycles. The van der Waals surface area contributed by atoms with Gasteiger partial charge < -0.3 is 24.1 Å². The fourth-order valence-electron chi connectivity index (χ4n) is 3.23. The second kappa shape index (κ2) is 7.64. The number of rotatable bonds is 4. The Balaban J connectivity index is 1.40. The van der Waals surface area contributed by atoms with E-state index in [4.69, 9.17) is 18.9 Å². The molecule has 5 heteroatoms. The van der Waals surface area contributed by atoms with E-state index in [1.54, 1.807) is 0 Å². The van der Waals surface area contributed by atoms with Crippen LogP contribution in [-0.2, 0) is 25.6 Å². The fourth-order valence-corrected chi connectivity index (χ4v) is 3.23. The van der Waals surface area contributed by atoms with Crippen LogP contribution in [0, 0.1) is 0 Å². The normalized spacial score (nSPS) is 32.1. The summed E-state index contributed by atoms with van der Waals surface area (Å²) >= 11 is 0. The van der Waals surface area contributed by atoms with Crippen LogP contribution in [0.15, 0.2) is 60.7 Å². The Hall–Kier alpha value is -1.76. The van der Waals surface area contributed by atoms with Gasteiger partial charge in [0.1, 0.15) is 24.4 Å². The van der Waals surface area contributed by atoms with Crippen molar-refractivity contribution in [3.05, 3.63) is 71.8 Å². The Morgan fingerprint density at radius 3 is 2.40 bits per heavy atom. The predicted molar refractivity (Wildman–Crippen MR) is 90.8 cm³/mol. The van der Waals surface area contributed by atoms with E-state index in [2.05, 4.69) is 0 Å². The lowest BCUT2D eigenvalue weighted by molar-refractivity contribution is -0.318. The lowest BCUT2D eigenvalue weighted by atomic mass is 9.99. The zero-order valence-electron chi connectivity index (χ0n) is 13.9. The van der Waals surface area contributed by atoms with Gasteiger partial charge in [-0.15, -0.1) is 0 Å². The van der Waals surface area contributed by atoms with E-state index < -0.39 is 24.6 Å². The lowest BCUT2D eigenvalue weighted by Crippen LogP contribution is -2.58. The maximum absolute atomic E-state index is 10.7. The minimum Gasteiger partial charge on any atom is -0.387 e. The third kappa shape index (κ3) is 3.76. The first kappa shape index (κ1) is 16.7. The van der Waals surface area contributed by atoms with Gasteiger partial charge in [-0.1, -0.05) is 60.7 Å². The van der Waals surface area contributed by atoms with Gasteiger partial charge in [0.15, 0.2) is 6.29 Å². The number of aliphatic hydroxyl groups excluding tert-OH is 1. The number of benzene rings is 2. The molecule has 2 heterocycles. The summed E-state index contributed by atoms with van der Waals surface area (Å²) in [5, 5.41) is 10.7. The van der Waals surface area contributed by atoms with Crippen LogP contribution in [0.25, 0.3) is 0 Å². The Kier molecular flexibility index (Phi) is 5.10. The quantitative estimate of drug-likeness (QED) is 0.925. The highest BCUT2D eigenvalue weighted by atomic mass is 16.7. The monoisotopic (exact) mass is 342 g/mol. The molecule has 5 nitrogen and oxygen atoms in total. The Morgan fingerprint density at radius 2 is 1.64 bits per heavy atom. The van der Waals surface area contributed by atoms with Crippen molar-refractivity contribution in [3.63, 3.8) is 0 Å². The van der Waals surface area contributed by atoms with Crippen molar-refractivity contribution < 1.29 is 24.1 Å². The minimum absolute atomic E-state index is 0.272. The summed E-state index contributed by atoms with van der Waals surface area (Å²) in [4.78, 5) is 0. The van der Waals surface area contributed by atoms with Gasteiger partial charge in [0.25, 0.3) is 0 Å². The Bertz CT molecular complexity index is 662. The molecule has 25 heavy (non-hydrogen) atoms. The second-order valence-corrected chi connectivity index (χ2v) is 6.37. The standard InChI is InChI=1S/C20H22O5/c21-18-16(22-11-14-7-3-1-4-8-14)12-23-17-13-24-20(25-19(17)18)15-9-5-2-6-10-15/h1-10,16-21H,11-13H2. The van der Waals surface area contributed by atoms with Crippen LogP contribution in [0.3, 0.4) is 0 Å². The molecule has 2 saturated heterocycles. The van der Waals surface area contributed by atoms with Crippen molar-refractivity contribution in [1.29, 1.82) is 0 Å². The minimum atomic E-state index is -0.752. The van der Waals surface area contributed by atoms with Crippen LogP contribution < -0.4 is 0 Å². The van der Waals surface area contributed by atoms with Crippen LogP contribution in [-0.4, -0.2) is 42.7 Å². The molecular weight excluding hydrogens is 320 g/mol. The third-order valence-corrected chi connectivity index (χ3v) is 4.63. The van der Waals surface area contributed by atoms with E-state index in [1.165, 1.54) is 0 Å². The molecule has 5 unspecified atom stereocenters. The summed E-state index contributed by atoms with van der Waals surface area (Å²) in [6.07, 6.45) is -2.40. The number of aliphatic hydroxyl groups is 1. The van der Waals surface area contributed by atoms with Gasteiger partial charge in [-0.2, -0.15) is 0 Å². The maximum Gasteiger partial charge on any atom is 0.184 e. The molecule has 0 spiro atoms. The van der Waals surface area contributed by atoms with Gasteiger partial charge in [-0.25, -0.2) is 0 Å². The summed E-state index contributed by atoms with van der Waals surface area (Å²) in [6.45, 7) is 1.16. The first-order valence-corrected chi connectivity index (χ1v) is 8.58. The molecule has 2 aliphatic heterocycles. The zero-order chi connectivity index (χ0) is 17.1. The van der Waals surface area contributed by atoms with Crippen molar-refractivity contribution in [2.45, 2.75) is 37.3 Å². The summed E-state index contributed by atoms with van der Waals surface area (Å²) in [7, 11) is 0. The van der Waals surface area contributed by atoms with E-state index in [-0.39, 0.29) is 6.10 Å². The molecule has 2 aliphatic rings. The van der Waals surface area contributed by atoms with Crippen LogP contribution in [0.5, 0.6) is 0 Å². The highest BCUT2D eigenvalue weighted by Gasteiger charge is 2.45. The van der Waals surface area contributed by atoms with Crippen molar-refractivity contribution in [2.24, 2.45) is 0 Å². The van der Waals surface area contributed by atoms with E-state index in [0.717, 1.165) is 11.1 Å². The molecule has 132 valence electrons. The third-order valence-electron chi connectivity index (χ3n) is 4.63. The van der Waals surface area contributed by atoms with Gasteiger partial charge >= 0.3 is 0 Å². The van der Waals surface area contributed by atoms with E-state index >= 15 is 0 Å². The average molecular weight is 342 g/mol. The maximum atomic E-state index is 10.7. The molecule has 4 rings (SSSR count). The van der Waals surface area contributed by atoms with Crippen molar-refractivity contribution in [1.82, 2.24) is 0 Å². The molecule has 0 aliphatic carbocycles. The number of hydrogen-bond donors (Lipinski definition) is 1. The Morgan fingerprint density at radius 1 is 0.920 bits per heavy atom. The largest absolute Gasteiger partial charge is 0.387 e. The second-order valence-electron chi connectivity index (χ2n) is 6.37. The molecule has 0 bridgehead atoms. The van der Waals surface area contributed by atoms with E-state index in [0.29, 0.717) is 19.8 Å². The molecule has 2 aromatic rings. The smallest absolute Gasteiger partial charge is 0.184 e. The van der Waals surface area contributed by atoms with Gasteiger partial charge in [0.05, 0.1) is 19.8 Å². The molecule has 0 amide bonds. The van der Waals surface area contributed by atoms with Gasteiger partial charge in [0, 0.05) is 5.56 Å². The average Bonchev–Trinajstić information content (AvgIpc) is 2.69. The number of hydrogen-bond acceptors (Lipinski definition) is 5. The van der Waals surface area contributed by atoms with Gasteiger partial charge in [-0.05, 0) is 5.56 Å². The first-order valence-electron chi connectivity index (χ1n) is 8.58. The summed E-state index contributed by atoms with van der Waals surface area (Å²) in [5.41, 5.74) is 1.99. The van der Waals surface area contributed by atoms with Gasteiger partial charge in [-0.3, -0.25) is 0 Å². The van der Waals surface area contributed by atoms with Crippen LogP contribution in [0.2, 0.25) is 0 Å². The van der Waals surface area contributed by atoms with Crippen molar-refractivity contribution in [2.75, 3.05) is 13.2 Å². The van der Waals surface area contributed by atoms with Crippen molar-refractivity contribution in [3.8, 4) is 0 Å². The summed E-state index contributed by atoms with van der Waals surface area (Å²) < 4.78 is 23.4. The van der Waals surface area contributed by atoms with Crippen LogP contribution in [0.4, 0.5) is 0 Å². The highest BCUT2D eigenvalue weighted by molar-refractivity contribution is 5.17. The SMILES string of the molecule is OC1C(OCc2ccccc2)COC2COC(c3ccccc3)OC21. The Labute approximate surface area is 147 Å². The molecule has 5 atom stereocenters. The summed E-state index contributed by atoms with van der Waals surface area (Å²) in [5.74, 6) is 0. The topological polar surface area (TPSA) is 57.2 Å². The number of fused-ring (bicyclic) bond motifs is 1. The van der Waals surface area contributed by atoms with E-state index in [1.807, 2.05) is 60.7 Å². The lowest BCUT2D eigenvalue weighted by Gasteiger charge is -2.44. The predicted octanol–water partition coefficient (Wildman–Crippen LogP) is 2.45. The van der Waals surface area contributed by atoms with Gasteiger partial charge in [0.2, 0.25) is 0 Å². The van der Waals surface area contributed by atoms with Crippen LogP contribution >= 0.6 is 0 Å². The van der Waals surface area contributed by atoms with Crippen LogP contribution in [0.1, 0.15) is 17.4 Å². The molecule has 2 fully saturated rings. The molecule has 0 aromatic heterocycles. The zero-order valence-corrected chi connectivity index (χ0v) is 13.9. The number of ether oxygens (including phenoxy) is 4. The van der Waals surface area contributed by atoms with Crippen molar-refractivity contribution >= 4 is 0 Å². The molecule has 1 N–H and O–H groups in total. The molecule has 0 radical (unpaired) electrons.